The minimum Gasteiger partial charge on any atom is -0.466 e. The smallest absolute Gasteiger partial charge is 0.267 e. The Hall–Kier alpha value is -2.53. The number of furan rings is 1. The molecule has 0 bridgehead atoms. The number of H-pyrrole nitrogens is 1. The van der Waals surface area contributed by atoms with Crippen molar-refractivity contribution in [1.82, 2.24) is 10.3 Å². The number of hydrogen-bond acceptors (Lipinski definition) is 3. The molecule has 0 saturated carbocycles. The van der Waals surface area contributed by atoms with Crippen molar-refractivity contribution in [2.24, 2.45) is 0 Å². The summed E-state index contributed by atoms with van der Waals surface area (Å²) in [6.45, 7) is 5.39. The van der Waals surface area contributed by atoms with Gasteiger partial charge in [0, 0.05) is 16.5 Å². The molecule has 1 atom stereocenters. The number of fused-ring (bicyclic) bond motifs is 1. The number of aromatic nitrogens is 1. The Bertz CT molecular complexity index is 825. The first-order valence-electron chi connectivity index (χ1n) is 7.53. The first kappa shape index (κ1) is 15.4. The Morgan fingerprint density at radius 3 is 2.70 bits per heavy atom. The van der Waals surface area contributed by atoms with Gasteiger partial charge in [0.25, 0.3) is 5.91 Å². The molecule has 2 heterocycles. The van der Waals surface area contributed by atoms with Gasteiger partial charge < -0.3 is 19.8 Å². The van der Waals surface area contributed by atoms with Crippen LogP contribution in [0.15, 0.2) is 40.8 Å². The summed E-state index contributed by atoms with van der Waals surface area (Å²) in [4.78, 5) is 15.4. The molecule has 1 aromatic carbocycles. The zero-order valence-corrected chi connectivity index (χ0v) is 13.4. The third kappa shape index (κ3) is 3.00. The molecule has 3 aromatic rings. The minimum absolute atomic E-state index is 0.0982. The van der Waals surface area contributed by atoms with Crippen LogP contribution in [0, 0.1) is 13.8 Å². The van der Waals surface area contributed by atoms with Gasteiger partial charge in [-0.05, 0) is 39.0 Å². The molecule has 0 fully saturated rings. The van der Waals surface area contributed by atoms with Crippen molar-refractivity contribution in [2.45, 2.75) is 26.4 Å². The van der Waals surface area contributed by atoms with Crippen LogP contribution >= 0.6 is 0 Å². The second-order valence-electron chi connectivity index (χ2n) is 6.05. The lowest BCUT2D eigenvalue weighted by Crippen LogP contribution is -2.38. The Morgan fingerprint density at radius 2 is 2.04 bits per heavy atom. The van der Waals surface area contributed by atoms with E-state index in [0.29, 0.717) is 17.0 Å². The van der Waals surface area contributed by atoms with Gasteiger partial charge in [-0.1, -0.05) is 18.2 Å². The van der Waals surface area contributed by atoms with Crippen LogP contribution in [0.25, 0.3) is 10.9 Å². The number of hydrogen-bond donors (Lipinski definition) is 3. The highest BCUT2D eigenvalue weighted by molar-refractivity contribution is 5.98. The molecule has 1 amide bonds. The topological polar surface area (TPSA) is 78.3 Å². The monoisotopic (exact) mass is 312 g/mol. The quantitative estimate of drug-likeness (QED) is 0.693. The minimum atomic E-state index is -1.19. The van der Waals surface area contributed by atoms with Gasteiger partial charge in [-0.25, -0.2) is 0 Å². The van der Waals surface area contributed by atoms with Crippen molar-refractivity contribution in [3.63, 3.8) is 0 Å². The molecule has 2 aromatic heterocycles. The molecular weight excluding hydrogens is 292 g/mol. The van der Waals surface area contributed by atoms with Crippen molar-refractivity contribution < 1.29 is 14.3 Å². The van der Waals surface area contributed by atoms with Crippen LogP contribution < -0.4 is 5.32 Å². The zero-order valence-electron chi connectivity index (χ0n) is 13.4. The van der Waals surface area contributed by atoms with Crippen molar-refractivity contribution in [2.75, 3.05) is 6.54 Å². The molecule has 5 nitrogen and oxygen atoms in total. The number of nitrogens with one attached hydrogen (secondary N) is 2. The van der Waals surface area contributed by atoms with Gasteiger partial charge >= 0.3 is 0 Å². The SMILES string of the molecule is Cc1cc([C@@](C)(O)CNC(=O)c2cc3ccccc3[nH]2)c(C)o1. The molecular formula is C18H20N2O3. The number of carbonyl (C=O) groups excluding carboxylic acids is 1. The number of amides is 1. The fraction of sp³-hybridized carbons (Fsp3) is 0.278. The molecule has 0 radical (unpaired) electrons. The predicted molar refractivity (Wildman–Crippen MR) is 88.4 cm³/mol. The summed E-state index contributed by atoms with van der Waals surface area (Å²) in [5.74, 6) is 1.14. The van der Waals surface area contributed by atoms with Crippen LogP contribution in [0.4, 0.5) is 0 Å². The summed E-state index contributed by atoms with van der Waals surface area (Å²) in [6.07, 6.45) is 0. The largest absolute Gasteiger partial charge is 0.466 e. The third-order valence-corrected chi connectivity index (χ3v) is 3.99. The van der Waals surface area contributed by atoms with Gasteiger partial charge in [0.15, 0.2) is 0 Å². The van der Waals surface area contributed by atoms with Gasteiger partial charge in [0.2, 0.25) is 0 Å². The van der Waals surface area contributed by atoms with E-state index in [9.17, 15) is 9.90 Å². The van der Waals surface area contributed by atoms with Crippen LogP contribution in [0.2, 0.25) is 0 Å². The van der Waals surface area contributed by atoms with Gasteiger partial charge in [-0.3, -0.25) is 4.79 Å². The molecule has 0 spiro atoms. The van der Waals surface area contributed by atoms with E-state index in [1.54, 1.807) is 26.0 Å². The highest BCUT2D eigenvalue weighted by Gasteiger charge is 2.28. The zero-order chi connectivity index (χ0) is 16.6. The summed E-state index contributed by atoms with van der Waals surface area (Å²) in [5.41, 5.74) is 0.878. The summed E-state index contributed by atoms with van der Waals surface area (Å²) >= 11 is 0. The number of rotatable bonds is 4. The third-order valence-electron chi connectivity index (χ3n) is 3.99. The highest BCUT2D eigenvalue weighted by atomic mass is 16.3. The molecule has 3 rings (SSSR count). The van der Waals surface area contributed by atoms with Crippen molar-refractivity contribution >= 4 is 16.8 Å². The maximum atomic E-state index is 12.3. The van der Waals surface area contributed by atoms with Crippen molar-refractivity contribution in [3.05, 3.63) is 59.2 Å². The van der Waals surface area contributed by atoms with Gasteiger partial charge in [-0.2, -0.15) is 0 Å². The van der Waals surface area contributed by atoms with Crippen LogP contribution in [0.5, 0.6) is 0 Å². The van der Waals surface area contributed by atoms with E-state index < -0.39 is 5.60 Å². The second-order valence-corrected chi connectivity index (χ2v) is 6.05. The fourth-order valence-electron chi connectivity index (χ4n) is 2.80. The number of aromatic amines is 1. The lowest BCUT2D eigenvalue weighted by molar-refractivity contribution is 0.0513. The summed E-state index contributed by atoms with van der Waals surface area (Å²) < 4.78 is 5.45. The number of para-hydroxylation sites is 1. The molecule has 5 heteroatoms. The summed E-state index contributed by atoms with van der Waals surface area (Å²) in [5, 5.41) is 14.4. The first-order valence-corrected chi connectivity index (χ1v) is 7.53. The number of aryl methyl sites for hydroxylation is 2. The van der Waals surface area contributed by atoms with E-state index in [2.05, 4.69) is 10.3 Å². The molecule has 0 unspecified atom stereocenters. The van der Waals surface area contributed by atoms with Crippen molar-refractivity contribution in [3.8, 4) is 0 Å². The highest BCUT2D eigenvalue weighted by Crippen LogP contribution is 2.26. The van der Waals surface area contributed by atoms with Crippen LogP contribution in [0.3, 0.4) is 0 Å². The molecule has 23 heavy (non-hydrogen) atoms. The maximum Gasteiger partial charge on any atom is 0.267 e. The molecule has 120 valence electrons. The normalized spacial score (nSPS) is 13.9. The van der Waals surface area contributed by atoms with E-state index in [1.807, 2.05) is 31.2 Å². The molecule has 0 aliphatic carbocycles. The maximum absolute atomic E-state index is 12.3. The van der Waals surface area contributed by atoms with E-state index in [1.165, 1.54) is 0 Å². The predicted octanol–water partition coefficient (Wildman–Crippen LogP) is 3.02. The average Bonchev–Trinajstić information content (AvgIpc) is 3.08. The Balaban J connectivity index is 1.74. The van der Waals surface area contributed by atoms with Gasteiger partial charge in [0.05, 0.1) is 6.54 Å². The van der Waals surface area contributed by atoms with E-state index >= 15 is 0 Å². The summed E-state index contributed by atoms with van der Waals surface area (Å²) in [6, 6.07) is 11.3. The first-order chi connectivity index (χ1) is 10.9. The molecule has 3 N–H and O–H groups in total. The lowest BCUT2D eigenvalue weighted by Gasteiger charge is -2.23. The van der Waals surface area contributed by atoms with Crippen LogP contribution in [-0.4, -0.2) is 22.5 Å². The molecule has 0 aliphatic heterocycles. The Kier molecular flexibility index (Phi) is 3.74. The van der Waals surface area contributed by atoms with E-state index in [0.717, 1.165) is 16.7 Å². The van der Waals surface area contributed by atoms with Crippen LogP contribution in [-0.2, 0) is 5.60 Å². The average molecular weight is 312 g/mol. The van der Waals surface area contributed by atoms with E-state index in [-0.39, 0.29) is 12.5 Å². The molecule has 0 aliphatic rings. The van der Waals surface area contributed by atoms with Gasteiger partial charge in [-0.15, -0.1) is 0 Å². The van der Waals surface area contributed by atoms with Gasteiger partial charge in [0.1, 0.15) is 22.8 Å². The van der Waals surface area contributed by atoms with E-state index in [4.69, 9.17) is 4.42 Å². The van der Waals surface area contributed by atoms with Crippen molar-refractivity contribution in [1.29, 1.82) is 0 Å². The lowest BCUT2D eigenvalue weighted by atomic mass is 9.96. The Labute approximate surface area is 134 Å². The second kappa shape index (κ2) is 5.59. The summed E-state index contributed by atoms with van der Waals surface area (Å²) in [7, 11) is 0. The fourth-order valence-corrected chi connectivity index (χ4v) is 2.80. The number of carbonyl (C=O) groups is 1. The van der Waals surface area contributed by atoms with Crippen LogP contribution in [0.1, 0.15) is 34.5 Å². The Morgan fingerprint density at radius 1 is 1.30 bits per heavy atom. The molecule has 0 saturated heterocycles. The number of benzene rings is 1. The number of aliphatic hydroxyl groups is 1. The standard InChI is InChI=1S/C18H20N2O3/c1-11-8-14(12(2)23-11)18(3,22)10-19-17(21)16-9-13-6-4-5-7-15(13)20-16/h4-9,20,22H,10H2,1-3H3,(H,19,21)/t18-/m0/s1.